The quantitative estimate of drug-likeness (QED) is 0.429. The van der Waals surface area contributed by atoms with Gasteiger partial charge in [0.15, 0.2) is 0 Å². The lowest BCUT2D eigenvalue weighted by molar-refractivity contribution is -0.0369. The molecule has 4 bridgehead atoms. The van der Waals surface area contributed by atoms with E-state index in [1.165, 1.54) is 57.7 Å². The van der Waals surface area contributed by atoms with Gasteiger partial charge < -0.3 is 4.57 Å². The first-order chi connectivity index (χ1) is 19.8. The molecule has 2 aromatic heterocycles. The van der Waals surface area contributed by atoms with E-state index in [2.05, 4.69) is 44.6 Å². The molecule has 4 aliphatic rings. The Morgan fingerprint density at radius 1 is 0.927 bits per heavy atom. The van der Waals surface area contributed by atoms with Crippen molar-refractivity contribution >= 4 is 27.0 Å². The lowest BCUT2D eigenvalue weighted by Gasteiger charge is -2.54. The summed E-state index contributed by atoms with van der Waals surface area (Å²) in [5.41, 5.74) is -0.0204. The minimum absolute atomic E-state index is 0.0224. The third-order valence-corrected chi connectivity index (χ3v) is 11.6. The number of rotatable bonds is 4. The summed E-state index contributed by atoms with van der Waals surface area (Å²) in [5.74, 6) is 4.08. The summed E-state index contributed by atoms with van der Waals surface area (Å²) in [6.45, 7) is 6.06. The van der Waals surface area contributed by atoms with E-state index in [1.54, 1.807) is 0 Å². The Bertz CT molecular complexity index is 1640. The van der Waals surface area contributed by atoms with Crippen molar-refractivity contribution in [2.45, 2.75) is 89.8 Å². The molecule has 0 unspecified atom stereocenters. The van der Waals surface area contributed by atoms with Crippen LogP contribution < -0.4 is 16.8 Å². The molecule has 1 aromatic carbocycles. The van der Waals surface area contributed by atoms with Crippen molar-refractivity contribution in [2.75, 3.05) is 6.54 Å². The molecule has 4 heterocycles. The molecule has 0 amide bonds. The third kappa shape index (κ3) is 4.86. The van der Waals surface area contributed by atoms with E-state index >= 15 is 0 Å². The van der Waals surface area contributed by atoms with E-state index < -0.39 is 11.2 Å². The van der Waals surface area contributed by atoms with Crippen molar-refractivity contribution in [2.24, 2.45) is 29.6 Å². The molecular weight excluding hydrogens is 582 g/mol. The van der Waals surface area contributed by atoms with Crippen LogP contribution in [0.2, 0.25) is 0 Å². The fourth-order valence-electron chi connectivity index (χ4n) is 8.98. The van der Waals surface area contributed by atoms with Crippen molar-refractivity contribution in [3.63, 3.8) is 0 Å². The highest BCUT2D eigenvalue weighted by atomic mass is 79.9. The number of benzene rings is 1. The maximum absolute atomic E-state index is 14.2. The number of aromatic nitrogens is 4. The number of piperidine rings is 2. The fourth-order valence-corrected chi connectivity index (χ4v) is 9.28. The van der Waals surface area contributed by atoms with Gasteiger partial charge >= 0.3 is 5.69 Å². The molecule has 41 heavy (non-hydrogen) atoms. The van der Waals surface area contributed by atoms with E-state index in [0.717, 1.165) is 46.6 Å². The summed E-state index contributed by atoms with van der Waals surface area (Å²) in [5, 5.41) is 0. The molecule has 2 aliphatic carbocycles. The van der Waals surface area contributed by atoms with Gasteiger partial charge in [0.2, 0.25) is 5.82 Å². The molecule has 7 rings (SSSR count). The SMILES string of the molecule is C[C@H]1CC[C@@H]2C[C@@H](CN3[C@@H]4CC[C@H](C)[C@H]3C[C@@H](n3c(=O)c(-n5cc(Br)c(=O)[nH]c5=O)nc5ccccc53)C4)C[C@H]1C2. The van der Waals surface area contributed by atoms with Crippen LogP contribution in [0.3, 0.4) is 0 Å². The van der Waals surface area contributed by atoms with Crippen LogP contribution in [0.25, 0.3) is 16.9 Å². The Kier molecular flexibility index (Phi) is 7.09. The standard InChI is InChI=1S/C32H40BrN5O3/c1-18-7-9-20-11-21(13-22(18)12-20)16-36-23-10-8-19(2)28(36)15-24(14-23)38-27-6-4-3-5-26(27)34-29(31(38)40)37-17-25(33)30(39)35-32(37)41/h3-6,17-24,28H,7-16H2,1-2H3,(H,35,39,41)/t18-,19-,20+,21+,22+,23+,24-,28+/m0/s1. The largest absolute Gasteiger partial charge is 0.334 e. The molecule has 2 saturated carbocycles. The number of H-pyrrole nitrogens is 1. The number of aromatic amines is 1. The van der Waals surface area contributed by atoms with E-state index in [1.807, 2.05) is 28.8 Å². The second-order valence-corrected chi connectivity index (χ2v) is 14.4. The number of para-hydroxylation sites is 2. The summed E-state index contributed by atoms with van der Waals surface area (Å²) in [7, 11) is 0. The van der Waals surface area contributed by atoms with E-state index in [0.29, 0.717) is 23.5 Å². The molecule has 1 N–H and O–H groups in total. The van der Waals surface area contributed by atoms with Crippen LogP contribution in [0.4, 0.5) is 0 Å². The smallest absolute Gasteiger partial charge is 0.300 e. The summed E-state index contributed by atoms with van der Waals surface area (Å²) in [6, 6.07) is 8.63. The van der Waals surface area contributed by atoms with Crippen LogP contribution in [0.1, 0.15) is 77.7 Å². The molecule has 2 aliphatic heterocycles. The molecule has 0 spiro atoms. The van der Waals surface area contributed by atoms with Gasteiger partial charge in [-0.1, -0.05) is 38.8 Å². The number of hydrogen-bond acceptors (Lipinski definition) is 5. The number of fused-ring (bicyclic) bond motifs is 5. The first-order valence-corrected chi connectivity index (χ1v) is 16.3. The summed E-state index contributed by atoms with van der Waals surface area (Å²) in [4.78, 5) is 48.7. The summed E-state index contributed by atoms with van der Waals surface area (Å²) < 4.78 is 3.25. The van der Waals surface area contributed by atoms with Crippen LogP contribution in [0, 0.1) is 29.6 Å². The van der Waals surface area contributed by atoms with Crippen molar-refractivity contribution < 1.29 is 0 Å². The first kappa shape index (κ1) is 27.3. The normalized spacial score (nSPS) is 33.6. The van der Waals surface area contributed by atoms with Gasteiger partial charge in [0.05, 0.1) is 15.5 Å². The number of nitrogens with one attached hydrogen (secondary N) is 1. The Morgan fingerprint density at radius 2 is 1.73 bits per heavy atom. The minimum Gasteiger partial charge on any atom is -0.300 e. The second kappa shape index (κ2) is 10.6. The first-order valence-electron chi connectivity index (χ1n) is 15.6. The van der Waals surface area contributed by atoms with Gasteiger partial charge in [-0.3, -0.25) is 19.5 Å². The van der Waals surface area contributed by atoms with Gasteiger partial charge in [-0.2, -0.15) is 0 Å². The Labute approximate surface area is 248 Å². The second-order valence-electron chi connectivity index (χ2n) is 13.6. The maximum atomic E-state index is 14.2. The zero-order chi connectivity index (χ0) is 28.4. The zero-order valence-corrected chi connectivity index (χ0v) is 25.6. The Morgan fingerprint density at radius 3 is 2.59 bits per heavy atom. The number of hydrogen-bond donors (Lipinski definition) is 1. The van der Waals surface area contributed by atoms with Gasteiger partial charge in [-0.05, 0) is 103 Å². The molecule has 9 heteroatoms. The van der Waals surface area contributed by atoms with Crippen molar-refractivity contribution in [3.8, 4) is 5.82 Å². The monoisotopic (exact) mass is 621 g/mol. The number of halogens is 1. The van der Waals surface area contributed by atoms with E-state index in [4.69, 9.17) is 0 Å². The van der Waals surface area contributed by atoms with Gasteiger partial charge in [0.25, 0.3) is 11.1 Å². The highest BCUT2D eigenvalue weighted by molar-refractivity contribution is 9.10. The molecule has 4 fully saturated rings. The van der Waals surface area contributed by atoms with Gasteiger partial charge in [0, 0.05) is 30.9 Å². The lowest BCUT2D eigenvalue weighted by atomic mass is 9.63. The summed E-state index contributed by atoms with van der Waals surface area (Å²) in [6.07, 6.45) is 12.6. The molecule has 0 radical (unpaired) electrons. The number of nitrogens with zero attached hydrogens (tertiary/aromatic N) is 4. The average molecular weight is 623 g/mol. The Hall–Kier alpha value is -2.52. The van der Waals surface area contributed by atoms with Crippen LogP contribution in [0.5, 0.6) is 0 Å². The molecule has 8 atom stereocenters. The predicted octanol–water partition coefficient (Wildman–Crippen LogP) is 5.26. The zero-order valence-electron chi connectivity index (χ0n) is 24.0. The van der Waals surface area contributed by atoms with Crippen molar-refractivity contribution in [3.05, 3.63) is 66.1 Å². The molecule has 218 valence electrons. The molecular formula is C32H40BrN5O3. The third-order valence-electron chi connectivity index (χ3n) is 11.1. The molecule has 8 nitrogen and oxygen atoms in total. The molecule has 3 aromatic rings. The van der Waals surface area contributed by atoms with Crippen LogP contribution in [-0.4, -0.2) is 42.6 Å². The highest BCUT2D eigenvalue weighted by Crippen LogP contribution is 2.48. The van der Waals surface area contributed by atoms with Gasteiger partial charge in [-0.25, -0.2) is 14.3 Å². The topological polar surface area (TPSA) is 93.0 Å². The van der Waals surface area contributed by atoms with Crippen LogP contribution >= 0.6 is 15.9 Å². The molecule has 2 saturated heterocycles. The van der Waals surface area contributed by atoms with E-state index in [9.17, 15) is 14.4 Å². The fraction of sp³-hybridized carbons (Fsp3) is 0.625. The predicted molar refractivity (Wildman–Crippen MR) is 164 cm³/mol. The van der Waals surface area contributed by atoms with Crippen molar-refractivity contribution in [1.82, 2.24) is 24.0 Å². The maximum Gasteiger partial charge on any atom is 0.334 e. The summed E-state index contributed by atoms with van der Waals surface area (Å²) >= 11 is 3.21. The van der Waals surface area contributed by atoms with E-state index in [-0.39, 0.29) is 21.9 Å². The van der Waals surface area contributed by atoms with Gasteiger partial charge in [-0.15, -0.1) is 0 Å². The van der Waals surface area contributed by atoms with Crippen molar-refractivity contribution in [1.29, 1.82) is 0 Å². The van der Waals surface area contributed by atoms with Crippen LogP contribution in [0.15, 0.2) is 49.3 Å². The average Bonchev–Trinajstić information content (AvgIpc) is 2.95. The highest BCUT2D eigenvalue weighted by Gasteiger charge is 2.45. The van der Waals surface area contributed by atoms with Crippen LogP contribution in [-0.2, 0) is 0 Å². The Balaban J connectivity index is 1.24. The van der Waals surface area contributed by atoms with Gasteiger partial charge in [0.1, 0.15) is 0 Å². The minimum atomic E-state index is -0.670. The lowest BCUT2D eigenvalue weighted by Crippen LogP contribution is -2.57.